The fourth-order valence-corrected chi connectivity index (χ4v) is 3.70. The van der Waals surface area contributed by atoms with E-state index in [9.17, 15) is 4.79 Å². The van der Waals surface area contributed by atoms with E-state index in [2.05, 4.69) is 24.0 Å². The van der Waals surface area contributed by atoms with Gasteiger partial charge < -0.3 is 4.90 Å². The first-order valence-electron chi connectivity index (χ1n) is 8.60. The zero-order valence-electron chi connectivity index (χ0n) is 15.3. The summed E-state index contributed by atoms with van der Waals surface area (Å²) in [6, 6.07) is 18.3. The molecule has 0 aliphatic heterocycles. The molecule has 3 rings (SSSR count). The van der Waals surface area contributed by atoms with Crippen molar-refractivity contribution >= 4 is 17.7 Å². The minimum absolute atomic E-state index is 0.0420. The summed E-state index contributed by atoms with van der Waals surface area (Å²) in [6.07, 6.45) is 3.71. The molecule has 26 heavy (non-hydrogen) atoms. The van der Waals surface area contributed by atoms with Gasteiger partial charge in [-0.2, -0.15) is 0 Å². The quantitative estimate of drug-likeness (QED) is 0.604. The maximum atomic E-state index is 12.6. The van der Waals surface area contributed by atoms with Crippen molar-refractivity contribution in [3.05, 3.63) is 78.1 Å². The molecule has 0 aliphatic rings. The maximum Gasteiger partial charge on any atom is 0.233 e. The first-order valence-corrected chi connectivity index (χ1v) is 9.59. The van der Waals surface area contributed by atoms with Gasteiger partial charge in [0.15, 0.2) is 5.16 Å². The molecule has 134 valence electrons. The molecule has 0 radical (unpaired) electrons. The van der Waals surface area contributed by atoms with E-state index < -0.39 is 0 Å². The number of carbonyl (C=O) groups excluding carboxylic acids is 1. The Kier molecular flexibility index (Phi) is 5.78. The molecule has 0 N–H and O–H groups in total. The number of hydrogen-bond donors (Lipinski definition) is 0. The number of amides is 1. The van der Waals surface area contributed by atoms with Crippen LogP contribution in [0.25, 0.3) is 5.69 Å². The molecule has 0 aliphatic carbocycles. The molecule has 0 saturated heterocycles. The largest absolute Gasteiger partial charge is 0.338 e. The Morgan fingerprint density at radius 3 is 2.58 bits per heavy atom. The van der Waals surface area contributed by atoms with Crippen molar-refractivity contribution < 1.29 is 4.79 Å². The van der Waals surface area contributed by atoms with Crippen molar-refractivity contribution in [3.63, 3.8) is 0 Å². The average Bonchev–Trinajstić information content (AvgIpc) is 3.14. The van der Waals surface area contributed by atoms with E-state index in [1.54, 1.807) is 11.1 Å². The Balaban J connectivity index is 1.67. The van der Waals surface area contributed by atoms with Crippen molar-refractivity contribution in [3.8, 4) is 5.69 Å². The molecule has 3 aromatic rings. The predicted molar refractivity (Wildman–Crippen MR) is 107 cm³/mol. The molecule has 1 aromatic heterocycles. The Bertz CT molecular complexity index is 876. The third-order valence-corrected chi connectivity index (χ3v) is 5.51. The number of thioether (sulfide) groups is 1. The van der Waals surface area contributed by atoms with Crippen LogP contribution in [0.4, 0.5) is 0 Å². The van der Waals surface area contributed by atoms with E-state index in [-0.39, 0.29) is 11.9 Å². The summed E-state index contributed by atoms with van der Waals surface area (Å²) < 4.78 is 2.04. The third kappa shape index (κ3) is 3.99. The van der Waals surface area contributed by atoms with Crippen molar-refractivity contribution in [1.82, 2.24) is 14.5 Å². The molecule has 1 amide bonds. The lowest BCUT2D eigenvalue weighted by Crippen LogP contribution is -2.31. The standard InChI is InChI=1S/C21H23N3OS/c1-16-9-7-8-12-19(16)24-14-13-22-21(24)26-15-20(25)23(3)17(2)18-10-5-4-6-11-18/h4-14,17H,15H2,1-3H3. The number of hydrogen-bond acceptors (Lipinski definition) is 3. The van der Waals surface area contributed by atoms with Gasteiger partial charge in [0.25, 0.3) is 0 Å². The Morgan fingerprint density at radius 1 is 1.15 bits per heavy atom. The second kappa shape index (κ2) is 8.23. The molecule has 1 unspecified atom stereocenters. The SMILES string of the molecule is Cc1ccccc1-n1ccnc1SCC(=O)N(C)C(C)c1ccccc1. The van der Waals surface area contributed by atoms with Crippen LogP contribution in [0.3, 0.4) is 0 Å². The third-order valence-electron chi connectivity index (χ3n) is 4.56. The molecule has 5 heteroatoms. The van der Waals surface area contributed by atoms with Crippen LogP contribution in [0.1, 0.15) is 24.1 Å². The number of carbonyl (C=O) groups is 1. The summed E-state index contributed by atoms with van der Waals surface area (Å²) in [5.74, 6) is 0.446. The van der Waals surface area contributed by atoms with Crippen LogP contribution in [0, 0.1) is 6.92 Å². The van der Waals surface area contributed by atoms with Crippen LogP contribution in [0.15, 0.2) is 72.1 Å². The van der Waals surface area contributed by atoms with E-state index >= 15 is 0 Å². The number of para-hydroxylation sites is 1. The number of aromatic nitrogens is 2. The van der Waals surface area contributed by atoms with E-state index in [1.807, 2.05) is 67.2 Å². The molecule has 0 spiro atoms. The molecule has 1 heterocycles. The molecule has 1 atom stereocenters. The van der Waals surface area contributed by atoms with Crippen LogP contribution < -0.4 is 0 Å². The van der Waals surface area contributed by atoms with Gasteiger partial charge in [0, 0.05) is 19.4 Å². The van der Waals surface area contributed by atoms with Crippen LogP contribution in [-0.2, 0) is 4.79 Å². The molecule has 0 fully saturated rings. The summed E-state index contributed by atoms with van der Waals surface area (Å²) >= 11 is 1.47. The highest BCUT2D eigenvalue weighted by atomic mass is 32.2. The molecule has 0 bridgehead atoms. The minimum atomic E-state index is 0.0420. The Labute approximate surface area is 158 Å². The van der Waals surface area contributed by atoms with Gasteiger partial charge in [0.05, 0.1) is 17.5 Å². The highest BCUT2D eigenvalue weighted by Gasteiger charge is 2.18. The molecular weight excluding hydrogens is 342 g/mol. The normalized spacial score (nSPS) is 12.0. The van der Waals surface area contributed by atoms with E-state index in [0.29, 0.717) is 5.75 Å². The van der Waals surface area contributed by atoms with Gasteiger partial charge in [-0.3, -0.25) is 9.36 Å². The van der Waals surface area contributed by atoms with Crippen molar-refractivity contribution in [1.29, 1.82) is 0 Å². The zero-order valence-corrected chi connectivity index (χ0v) is 16.1. The number of rotatable bonds is 6. The summed E-state index contributed by atoms with van der Waals surface area (Å²) in [7, 11) is 1.86. The molecular formula is C21H23N3OS. The van der Waals surface area contributed by atoms with Gasteiger partial charge in [-0.05, 0) is 31.0 Å². The highest BCUT2D eigenvalue weighted by molar-refractivity contribution is 7.99. The summed E-state index contributed by atoms with van der Waals surface area (Å²) in [5.41, 5.74) is 3.40. The highest BCUT2D eigenvalue weighted by Crippen LogP contribution is 2.24. The van der Waals surface area contributed by atoms with Crippen LogP contribution in [0.5, 0.6) is 0 Å². The fraction of sp³-hybridized carbons (Fsp3) is 0.238. The van der Waals surface area contributed by atoms with Gasteiger partial charge in [-0.15, -0.1) is 0 Å². The average molecular weight is 366 g/mol. The minimum Gasteiger partial charge on any atom is -0.338 e. The molecule has 2 aromatic carbocycles. The fourth-order valence-electron chi connectivity index (χ4n) is 2.81. The lowest BCUT2D eigenvalue weighted by molar-refractivity contribution is -0.128. The summed E-state index contributed by atoms with van der Waals surface area (Å²) in [6.45, 7) is 4.12. The lowest BCUT2D eigenvalue weighted by atomic mass is 10.1. The van der Waals surface area contributed by atoms with Gasteiger partial charge in [-0.1, -0.05) is 60.3 Å². The van der Waals surface area contributed by atoms with E-state index in [4.69, 9.17) is 0 Å². The second-order valence-electron chi connectivity index (χ2n) is 6.25. The van der Waals surface area contributed by atoms with Gasteiger partial charge in [0.1, 0.15) is 0 Å². The Morgan fingerprint density at radius 2 is 1.85 bits per heavy atom. The van der Waals surface area contributed by atoms with E-state index in [0.717, 1.165) is 16.4 Å². The van der Waals surface area contributed by atoms with Gasteiger partial charge in [0.2, 0.25) is 5.91 Å². The first-order chi connectivity index (χ1) is 12.6. The van der Waals surface area contributed by atoms with Crippen molar-refractivity contribution in [2.24, 2.45) is 0 Å². The van der Waals surface area contributed by atoms with E-state index in [1.165, 1.54) is 17.3 Å². The van der Waals surface area contributed by atoms with Gasteiger partial charge >= 0.3 is 0 Å². The smallest absolute Gasteiger partial charge is 0.233 e. The van der Waals surface area contributed by atoms with Crippen molar-refractivity contribution in [2.75, 3.05) is 12.8 Å². The number of nitrogens with zero attached hydrogens (tertiary/aromatic N) is 3. The first kappa shape index (κ1) is 18.3. The van der Waals surface area contributed by atoms with Crippen LogP contribution >= 0.6 is 11.8 Å². The Hall–Kier alpha value is -2.53. The topological polar surface area (TPSA) is 38.1 Å². The molecule has 0 saturated carbocycles. The number of aryl methyl sites for hydroxylation is 1. The van der Waals surface area contributed by atoms with Crippen LogP contribution in [0.2, 0.25) is 0 Å². The number of benzene rings is 2. The zero-order chi connectivity index (χ0) is 18.5. The maximum absolute atomic E-state index is 12.6. The van der Waals surface area contributed by atoms with Crippen LogP contribution in [-0.4, -0.2) is 33.2 Å². The lowest BCUT2D eigenvalue weighted by Gasteiger charge is -2.25. The van der Waals surface area contributed by atoms with Gasteiger partial charge in [-0.25, -0.2) is 4.98 Å². The summed E-state index contributed by atoms with van der Waals surface area (Å²) in [5, 5.41) is 0.827. The monoisotopic (exact) mass is 365 g/mol. The number of imidazole rings is 1. The predicted octanol–water partition coefficient (Wildman–Crippen LogP) is 4.49. The molecule has 4 nitrogen and oxygen atoms in total. The second-order valence-corrected chi connectivity index (χ2v) is 7.19. The summed E-state index contributed by atoms with van der Waals surface area (Å²) in [4.78, 5) is 18.9. The van der Waals surface area contributed by atoms with Crippen molar-refractivity contribution in [2.45, 2.75) is 25.0 Å².